The highest BCUT2D eigenvalue weighted by Crippen LogP contribution is 2.27. The van der Waals surface area contributed by atoms with Crippen molar-refractivity contribution in [2.45, 2.75) is 27.0 Å². The molecule has 0 atom stereocenters. The van der Waals surface area contributed by atoms with Crippen molar-refractivity contribution in [3.63, 3.8) is 0 Å². The SMILES string of the molecule is CCOc1ccc(CN2C(=O)c3ccccc3C2=O)cc1C(=O)OCc1nc(C)no1. The van der Waals surface area contributed by atoms with Crippen LogP contribution < -0.4 is 4.74 Å². The topological polar surface area (TPSA) is 112 Å². The van der Waals surface area contributed by atoms with E-state index in [1.165, 1.54) is 0 Å². The number of carbonyl (C=O) groups excluding carboxylic acids is 3. The molecule has 0 N–H and O–H groups in total. The Hall–Kier alpha value is -4.01. The molecule has 0 saturated heterocycles. The van der Waals surface area contributed by atoms with Gasteiger partial charge in [-0.3, -0.25) is 14.5 Å². The van der Waals surface area contributed by atoms with Gasteiger partial charge in [-0.1, -0.05) is 23.4 Å². The number of esters is 1. The van der Waals surface area contributed by atoms with Gasteiger partial charge in [0, 0.05) is 0 Å². The van der Waals surface area contributed by atoms with Gasteiger partial charge in [0.1, 0.15) is 11.3 Å². The van der Waals surface area contributed by atoms with Gasteiger partial charge >= 0.3 is 5.97 Å². The van der Waals surface area contributed by atoms with Gasteiger partial charge < -0.3 is 14.0 Å². The Morgan fingerprint density at radius 2 is 1.81 bits per heavy atom. The van der Waals surface area contributed by atoms with Crippen molar-refractivity contribution in [2.24, 2.45) is 0 Å². The Morgan fingerprint density at radius 1 is 1.10 bits per heavy atom. The lowest BCUT2D eigenvalue weighted by Crippen LogP contribution is -2.29. The van der Waals surface area contributed by atoms with Gasteiger partial charge in [0.15, 0.2) is 12.4 Å². The Bertz CT molecular complexity index is 1130. The van der Waals surface area contributed by atoms with Gasteiger partial charge in [0.25, 0.3) is 17.7 Å². The van der Waals surface area contributed by atoms with Crippen molar-refractivity contribution in [1.29, 1.82) is 0 Å². The largest absolute Gasteiger partial charge is 0.493 e. The zero-order valence-electron chi connectivity index (χ0n) is 17.0. The van der Waals surface area contributed by atoms with E-state index in [9.17, 15) is 14.4 Å². The van der Waals surface area contributed by atoms with E-state index in [0.717, 1.165) is 4.90 Å². The summed E-state index contributed by atoms with van der Waals surface area (Å²) in [4.78, 5) is 43.1. The number of fused-ring (bicyclic) bond motifs is 1. The fourth-order valence-electron chi connectivity index (χ4n) is 3.29. The van der Waals surface area contributed by atoms with E-state index in [-0.39, 0.29) is 36.4 Å². The number of aromatic nitrogens is 2. The molecule has 1 aliphatic rings. The number of imide groups is 1. The number of amides is 2. The van der Waals surface area contributed by atoms with E-state index in [1.807, 2.05) is 0 Å². The molecule has 1 aliphatic heterocycles. The van der Waals surface area contributed by atoms with Crippen LogP contribution in [0.2, 0.25) is 0 Å². The summed E-state index contributed by atoms with van der Waals surface area (Å²) >= 11 is 0. The van der Waals surface area contributed by atoms with E-state index in [1.54, 1.807) is 56.3 Å². The van der Waals surface area contributed by atoms with E-state index in [2.05, 4.69) is 10.1 Å². The molecular weight excluding hydrogens is 402 g/mol. The molecule has 158 valence electrons. The maximum Gasteiger partial charge on any atom is 0.342 e. The van der Waals surface area contributed by atoms with Gasteiger partial charge in [-0.25, -0.2) is 4.79 Å². The molecule has 1 aromatic heterocycles. The average Bonchev–Trinajstić information content (AvgIpc) is 3.30. The van der Waals surface area contributed by atoms with Crippen molar-refractivity contribution >= 4 is 17.8 Å². The molecule has 0 fully saturated rings. The van der Waals surface area contributed by atoms with Crippen LogP contribution in [0.15, 0.2) is 47.0 Å². The summed E-state index contributed by atoms with van der Waals surface area (Å²) in [6, 6.07) is 11.5. The maximum atomic E-state index is 12.7. The fourth-order valence-corrected chi connectivity index (χ4v) is 3.29. The first kappa shape index (κ1) is 20.3. The highest BCUT2D eigenvalue weighted by molar-refractivity contribution is 6.21. The smallest absolute Gasteiger partial charge is 0.342 e. The Labute approximate surface area is 177 Å². The number of benzene rings is 2. The minimum Gasteiger partial charge on any atom is -0.493 e. The number of ether oxygens (including phenoxy) is 2. The van der Waals surface area contributed by atoms with Crippen LogP contribution in [0.25, 0.3) is 0 Å². The second-order valence-corrected chi connectivity index (χ2v) is 6.82. The molecular formula is C22H19N3O6. The summed E-state index contributed by atoms with van der Waals surface area (Å²) in [6.45, 7) is 3.63. The summed E-state index contributed by atoms with van der Waals surface area (Å²) in [5.74, 6) is -0.449. The molecule has 0 radical (unpaired) electrons. The highest BCUT2D eigenvalue weighted by Gasteiger charge is 2.35. The van der Waals surface area contributed by atoms with Crippen LogP contribution in [0, 0.1) is 6.92 Å². The van der Waals surface area contributed by atoms with Crippen LogP contribution in [-0.4, -0.2) is 39.4 Å². The van der Waals surface area contributed by atoms with Crippen LogP contribution in [0.3, 0.4) is 0 Å². The van der Waals surface area contributed by atoms with Crippen LogP contribution in [0.4, 0.5) is 0 Å². The van der Waals surface area contributed by atoms with Crippen molar-refractivity contribution in [3.05, 3.63) is 76.4 Å². The first-order chi connectivity index (χ1) is 15.0. The third-order valence-electron chi connectivity index (χ3n) is 4.68. The summed E-state index contributed by atoms with van der Waals surface area (Å²) in [6.07, 6.45) is 0. The number of carbonyl (C=O) groups is 3. The molecule has 3 aromatic rings. The third kappa shape index (κ3) is 4.02. The van der Waals surface area contributed by atoms with Gasteiger partial charge in [0.05, 0.1) is 24.3 Å². The average molecular weight is 421 g/mol. The number of nitrogens with zero attached hydrogens (tertiary/aromatic N) is 3. The molecule has 0 bridgehead atoms. The van der Waals surface area contributed by atoms with Crippen molar-refractivity contribution < 1.29 is 28.4 Å². The summed E-state index contributed by atoms with van der Waals surface area (Å²) in [5.41, 5.74) is 1.49. The Kier molecular flexibility index (Phi) is 5.48. The summed E-state index contributed by atoms with van der Waals surface area (Å²) in [5, 5.41) is 3.65. The standard InChI is InChI=1S/C22H19N3O6/c1-3-29-18-9-8-14(10-17(18)22(28)30-12-19-23-13(2)24-31-19)11-25-20(26)15-6-4-5-7-16(15)21(25)27/h4-10H,3,11-12H2,1-2H3. The lowest BCUT2D eigenvalue weighted by molar-refractivity contribution is 0.0425. The van der Waals surface area contributed by atoms with E-state index >= 15 is 0 Å². The minimum atomic E-state index is -0.650. The normalized spacial score (nSPS) is 12.8. The molecule has 0 spiro atoms. The highest BCUT2D eigenvalue weighted by atomic mass is 16.6. The number of rotatable bonds is 7. The molecule has 9 nitrogen and oxygen atoms in total. The maximum absolute atomic E-state index is 12.7. The molecule has 2 aromatic carbocycles. The lowest BCUT2D eigenvalue weighted by atomic mass is 10.1. The minimum absolute atomic E-state index is 0.0158. The van der Waals surface area contributed by atoms with E-state index in [4.69, 9.17) is 14.0 Å². The predicted molar refractivity (Wildman–Crippen MR) is 106 cm³/mol. The molecule has 0 aliphatic carbocycles. The first-order valence-corrected chi connectivity index (χ1v) is 9.65. The molecule has 9 heteroatoms. The molecule has 31 heavy (non-hydrogen) atoms. The quantitative estimate of drug-likeness (QED) is 0.423. The Balaban J connectivity index is 1.55. The first-order valence-electron chi connectivity index (χ1n) is 9.65. The zero-order chi connectivity index (χ0) is 22.0. The zero-order valence-corrected chi connectivity index (χ0v) is 17.0. The lowest BCUT2D eigenvalue weighted by Gasteiger charge is -2.16. The third-order valence-corrected chi connectivity index (χ3v) is 4.68. The monoisotopic (exact) mass is 421 g/mol. The summed E-state index contributed by atoms with van der Waals surface area (Å²) in [7, 11) is 0. The second-order valence-electron chi connectivity index (χ2n) is 6.82. The van der Waals surface area contributed by atoms with Gasteiger partial charge in [-0.15, -0.1) is 0 Å². The van der Waals surface area contributed by atoms with Crippen molar-refractivity contribution in [1.82, 2.24) is 15.0 Å². The predicted octanol–water partition coefficient (Wildman–Crippen LogP) is 2.93. The number of hydrogen-bond acceptors (Lipinski definition) is 8. The van der Waals surface area contributed by atoms with Crippen LogP contribution in [-0.2, 0) is 17.9 Å². The van der Waals surface area contributed by atoms with Gasteiger partial charge in [0.2, 0.25) is 0 Å². The Morgan fingerprint density at radius 3 is 2.42 bits per heavy atom. The molecule has 4 rings (SSSR count). The molecule has 2 heterocycles. The van der Waals surface area contributed by atoms with Crippen LogP contribution in [0.1, 0.15) is 55.3 Å². The van der Waals surface area contributed by atoms with E-state index in [0.29, 0.717) is 34.9 Å². The second kappa shape index (κ2) is 8.39. The van der Waals surface area contributed by atoms with Gasteiger partial charge in [-0.05, 0) is 43.7 Å². The molecule has 0 unspecified atom stereocenters. The summed E-state index contributed by atoms with van der Waals surface area (Å²) < 4.78 is 15.7. The fraction of sp³-hybridized carbons (Fsp3) is 0.227. The molecule has 0 saturated carbocycles. The van der Waals surface area contributed by atoms with Crippen LogP contribution in [0.5, 0.6) is 5.75 Å². The van der Waals surface area contributed by atoms with Crippen molar-refractivity contribution in [3.8, 4) is 5.75 Å². The van der Waals surface area contributed by atoms with Crippen LogP contribution >= 0.6 is 0 Å². The van der Waals surface area contributed by atoms with Gasteiger partial charge in [-0.2, -0.15) is 4.98 Å². The van der Waals surface area contributed by atoms with E-state index < -0.39 is 5.97 Å². The molecule has 2 amide bonds. The number of aryl methyl sites for hydroxylation is 1. The number of hydrogen-bond donors (Lipinski definition) is 0. The van der Waals surface area contributed by atoms with Crippen molar-refractivity contribution in [2.75, 3.05) is 6.61 Å².